The first-order valence-electron chi connectivity index (χ1n) is 11.9. The summed E-state index contributed by atoms with van der Waals surface area (Å²) in [6, 6.07) is 12.9. The largest absolute Gasteiger partial charge is 0.381 e. The summed E-state index contributed by atoms with van der Waals surface area (Å²) in [5, 5.41) is 0.945. The van der Waals surface area contributed by atoms with Crippen molar-refractivity contribution < 1.29 is 9.53 Å². The molecule has 37 heavy (non-hydrogen) atoms. The monoisotopic (exact) mass is 541 g/mol. The lowest BCUT2D eigenvalue weighted by Gasteiger charge is -2.23. The molecule has 5 rings (SSSR count). The number of aromatic nitrogens is 4. The van der Waals surface area contributed by atoms with Crippen LogP contribution in [0.2, 0.25) is 10.0 Å². The second-order valence-corrected chi connectivity index (χ2v) is 9.95. The number of fused-ring (bicyclic) bond motifs is 1. The molecule has 1 saturated heterocycles. The van der Waals surface area contributed by atoms with E-state index in [1.54, 1.807) is 47.0 Å². The van der Waals surface area contributed by atoms with Crippen LogP contribution in [-0.2, 0) is 16.1 Å². The molecular formula is C26H25Cl2N5O4. The van der Waals surface area contributed by atoms with Crippen molar-refractivity contribution in [3.63, 3.8) is 0 Å². The SMILES string of the molecule is C[C@@H](C(N)=O)n1c(=O)c2c(nc(-c3ccccc3Cl)n2-c2ccc(Cl)cc2)n(CC2CCOCC2)c1=O. The minimum atomic E-state index is -1.16. The zero-order valence-corrected chi connectivity index (χ0v) is 21.6. The molecular weight excluding hydrogens is 517 g/mol. The van der Waals surface area contributed by atoms with Crippen molar-refractivity contribution in [2.24, 2.45) is 11.7 Å². The standard InChI is InChI=1S/C26H25Cl2N5O4/c1-15(22(29)34)32-25(35)21-24(31(26(32)36)14-16-10-12-37-13-11-16)30-23(19-4-2-3-5-20(19)28)33(21)18-8-6-17(27)7-9-18/h2-9,15-16H,10-14H2,1H3,(H2,29,34)/t15-/m0/s1. The Hall–Kier alpha value is -3.40. The highest BCUT2D eigenvalue weighted by atomic mass is 35.5. The Labute approximate surface area is 222 Å². The molecule has 1 fully saturated rings. The van der Waals surface area contributed by atoms with Crippen LogP contribution in [0.5, 0.6) is 0 Å². The van der Waals surface area contributed by atoms with Gasteiger partial charge in [-0.25, -0.2) is 14.3 Å². The highest BCUT2D eigenvalue weighted by Gasteiger charge is 2.28. The maximum Gasteiger partial charge on any atom is 0.333 e. The quantitative estimate of drug-likeness (QED) is 0.398. The van der Waals surface area contributed by atoms with Crippen LogP contribution in [0.3, 0.4) is 0 Å². The van der Waals surface area contributed by atoms with Crippen molar-refractivity contribution >= 4 is 40.3 Å². The number of amides is 1. The van der Waals surface area contributed by atoms with E-state index < -0.39 is 23.2 Å². The highest BCUT2D eigenvalue weighted by molar-refractivity contribution is 6.33. The van der Waals surface area contributed by atoms with Gasteiger partial charge in [-0.2, -0.15) is 0 Å². The molecule has 1 aliphatic heterocycles. The maximum absolute atomic E-state index is 13.9. The van der Waals surface area contributed by atoms with E-state index in [1.165, 1.54) is 11.5 Å². The smallest absolute Gasteiger partial charge is 0.333 e. The van der Waals surface area contributed by atoms with Crippen LogP contribution in [0.1, 0.15) is 25.8 Å². The van der Waals surface area contributed by atoms with Gasteiger partial charge >= 0.3 is 5.69 Å². The highest BCUT2D eigenvalue weighted by Crippen LogP contribution is 2.32. The molecule has 4 aromatic rings. The van der Waals surface area contributed by atoms with Crippen LogP contribution < -0.4 is 17.0 Å². The van der Waals surface area contributed by atoms with Crippen molar-refractivity contribution in [2.45, 2.75) is 32.4 Å². The van der Waals surface area contributed by atoms with Gasteiger partial charge < -0.3 is 10.5 Å². The first-order chi connectivity index (χ1) is 17.8. The van der Waals surface area contributed by atoms with Crippen molar-refractivity contribution in [2.75, 3.05) is 13.2 Å². The normalized spacial score (nSPS) is 15.2. The average molecular weight is 542 g/mol. The predicted molar refractivity (Wildman–Crippen MR) is 142 cm³/mol. The van der Waals surface area contributed by atoms with Gasteiger partial charge in [0.2, 0.25) is 5.91 Å². The Balaban J connectivity index is 1.91. The molecule has 0 saturated carbocycles. The van der Waals surface area contributed by atoms with Gasteiger partial charge in [-0.05, 0) is 62.1 Å². The molecule has 11 heteroatoms. The second kappa shape index (κ2) is 10.2. The average Bonchev–Trinajstić information content (AvgIpc) is 3.28. The fourth-order valence-electron chi connectivity index (χ4n) is 4.70. The second-order valence-electron chi connectivity index (χ2n) is 9.10. The van der Waals surface area contributed by atoms with Crippen molar-refractivity contribution in [1.29, 1.82) is 0 Å². The summed E-state index contributed by atoms with van der Waals surface area (Å²) >= 11 is 12.7. The third kappa shape index (κ3) is 4.58. The third-order valence-electron chi connectivity index (χ3n) is 6.75. The summed E-state index contributed by atoms with van der Waals surface area (Å²) in [5.41, 5.74) is 5.75. The van der Waals surface area contributed by atoms with Crippen LogP contribution in [0, 0.1) is 5.92 Å². The molecule has 1 aliphatic rings. The van der Waals surface area contributed by atoms with Crippen molar-refractivity contribution in [3.8, 4) is 17.1 Å². The fraction of sp³-hybridized carbons (Fsp3) is 0.308. The minimum absolute atomic E-state index is 0.133. The molecule has 192 valence electrons. The summed E-state index contributed by atoms with van der Waals surface area (Å²) in [5.74, 6) is -0.279. The van der Waals surface area contributed by atoms with Crippen LogP contribution in [0.25, 0.3) is 28.2 Å². The number of carbonyl (C=O) groups is 1. The first-order valence-corrected chi connectivity index (χ1v) is 12.7. The number of imidazole rings is 1. The number of benzene rings is 2. The van der Waals surface area contributed by atoms with Crippen LogP contribution in [0.4, 0.5) is 0 Å². The Kier molecular flexibility index (Phi) is 6.94. The predicted octanol–water partition coefficient (Wildman–Crippen LogP) is 3.80. The molecule has 0 bridgehead atoms. The molecule has 3 heterocycles. The zero-order valence-electron chi connectivity index (χ0n) is 20.1. The first kappa shape index (κ1) is 25.3. The van der Waals surface area contributed by atoms with E-state index in [4.69, 9.17) is 38.7 Å². The Bertz CT molecular complexity index is 1600. The zero-order chi connectivity index (χ0) is 26.3. The van der Waals surface area contributed by atoms with E-state index in [-0.39, 0.29) is 17.1 Å². The Morgan fingerprint density at radius 1 is 1.11 bits per heavy atom. The lowest BCUT2D eigenvalue weighted by Crippen LogP contribution is -2.46. The maximum atomic E-state index is 13.9. The van der Waals surface area contributed by atoms with Gasteiger partial charge in [0.05, 0.1) is 5.02 Å². The van der Waals surface area contributed by atoms with Gasteiger partial charge in [0.15, 0.2) is 11.2 Å². The molecule has 0 unspecified atom stereocenters. The number of carbonyl (C=O) groups excluding carboxylic acids is 1. The minimum Gasteiger partial charge on any atom is -0.381 e. The summed E-state index contributed by atoms with van der Waals surface area (Å²) in [6.07, 6.45) is 1.52. The molecule has 2 aromatic heterocycles. The molecule has 9 nitrogen and oxygen atoms in total. The van der Waals surface area contributed by atoms with Crippen molar-refractivity contribution in [1.82, 2.24) is 18.7 Å². The summed E-state index contributed by atoms with van der Waals surface area (Å²) < 4.78 is 9.51. The molecule has 1 amide bonds. The third-order valence-corrected chi connectivity index (χ3v) is 7.33. The van der Waals surface area contributed by atoms with Gasteiger partial charge in [0.25, 0.3) is 5.56 Å². The van der Waals surface area contributed by atoms with Gasteiger partial charge in [-0.15, -0.1) is 0 Å². The Morgan fingerprint density at radius 2 is 1.78 bits per heavy atom. The number of rotatable bonds is 6. The number of nitrogens with zero attached hydrogens (tertiary/aromatic N) is 4. The van der Waals surface area contributed by atoms with E-state index in [0.29, 0.717) is 46.9 Å². The fourth-order valence-corrected chi connectivity index (χ4v) is 5.04. The van der Waals surface area contributed by atoms with E-state index in [0.717, 1.165) is 17.4 Å². The number of ether oxygens (including phenoxy) is 1. The van der Waals surface area contributed by atoms with E-state index in [9.17, 15) is 14.4 Å². The number of nitrogens with two attached hydrogens (primary N) is 1. The molecule has 0 aliphatic carbocycles. The molecule has 2 aromatic carbocycles. The molecule has 0 radical (unpaired) electrons. The summed E-state index contributed by atoms with van der Waals surface area (Å²) in [4.78, 5) is 44.6. The van der Waals surface area contributed by atoms with Crippen LogP contribution in [0.15, 0.2) is 58.1 Å². The molecule has 1 atom stereocenters. The van der Waals surface area contributed by atoms with Crippen molar-refractivity contribution in [3.05, 3.63) is 79.4 Å². The van der Waals surface area contributed by atoms with Gasteiger partial charge in [-0.1, -0.05) is 35.3 Å². The molecule has 2 N–H and O–H groups in total. The van der Waals surface area contributed by atoms with Gasteiger partial charge in [0, 0.05) is 36.0 Å². The number of primary amides is 1. The number of hydrogen-bond acceptors (Lipinski definition) is 5. The number of hydrogen-bond donors (Lipinski definition) is 1. The molecule has 0 spiro atoms. The lowest BCUT2D eigenvalue weighted by atomic mass is 10.0. The van der Waals surface area contributed by atoms with Gasteiger partial charge in [-0.3, -0.25) is 18.7 Å². The summed E-state index contributed by atoms with van der Waals surface area (Å²) in [6.45, 7) is 2.92. The lowest BCUT2D eigenvalue weighted by molar-refractivity contribution is -0.120. The van der Waals surface area contributed by atoms with E-state index >= 15 is 0 Å². The van der Waals surface area contributed by atoms with E-state index in [1.807, 2.05) is 6.07 Å². The van der Waals surface area contributed by atoms with Crippen LogP contribution >= 0.6 is 23.2 Å². The van der Waals surface area contributed by atoms with Crippen LogP contribution in [-0.4, -0.2) is 37.8 Å². The van der Waals surface area contributed by atoms with E-state index in [2.05, 4.69) is 0 Å². The number of halogens is 2. The van der Waals surface area contributed by atoms with Gasteiger partial charge in [0.1, 0.15) is 11.9 Å². The summed E-state index contributed by atoms with van der Waals surface area (Å²) in [7, 11) is 0. The Morgan fingerprint density at radius 3 is 2.43 bits per heavy atom. The topological polar surface area (TPSA) is 114 Å².